The standard InChI is InChI=1S/C14H21NO/c1-3-12(4-2)15-10-13-9-11-7-5-6-8-14(11)16-13/h5-8,12-13,15H,3-4,9-10H2,1-2H3. The molecule has 0 amide bonds. The topological polar surface area (TPSA) is 21.3 Å². The minimum atomic E-state index is 0.318. The van der Waals surface area contributed by atoms with Crippen molar-refractivity contribution < 1.29 is 4.74 Å². The summed E-state index contributed by atoms with van der Waals surface area (Å²) in [6.07, 6.45) is 3.74. The first-order valence-corrected chi connectivity index (χ1v) is 6.31. The van der Waals surface area contributed by atoms with Crippen molar-refractivity contribution in [3.63, 3.8) is 0 Å². The lowest BCUT2D eigenvalue weighted by Crippen LogP contribution is -2.36. The molecule has 0 aliphatic carbocycles. The van der Waals surface area contributed by atoms with E-state index in [1.54, 1.807) is 0 Å². The third kappa shape index (κ3) is 2.56. The summed E-state index contributed by atoms with van der Waals surface area (Å²) in [5.41, 5.74) is 1.35. The van der Waals surface area contributed by atoms with Gasteiger partial charge in [0.05, 0.1) is 0 Å². The maximum atomic E-state index is 5.88. The van der Waals surface area contributed by atoms with E-state index < -0.39 is 0 Å². The average molecular weight is 219 g/mol. The molecule has 88 valence electrons. The van der Waals surface area contributed by atoms with Gasteiger partial charge in [0.25, 0.3) is 0 Å². The zero-order valence-corrected chi connectivity index (χ0v) is 10.2. The minimum Gasteiger partial charge on any atom is -0.488 e. The van der Waals surface area contributed by atoms with Gasteiger partial charge in [0.1, 0.15) is 11.9 Å². The molecule has 0 aromatic heterocycles. The van der Waals surface area contributed by atoms with Gasteiger partial charge in [-0.2, -0.15) is 0 Å². The number of nitrogens with one attached hydrogen (secondary N) is 1. The number of para-hydroxylation sites is 1. The van der Waals surface area contributed by atoms with Gasteiger partial charge in [0.2, 0.25) is 0 Å². The number of hydrogen-bond acceptors (Lipinski definition) is 2. The molecule has 2 heteroatoms. The third-order valence-corrected chi connectivity index (χ3v) is 3.33. The van der Waals surface area contributed by atoms with E-state index in [-0.39, 0.29) is 0 Å². The van der Waals surface area contributed by atoms with Crippen LogP contribution >= 0.6 is 0 Å². The summed E-state index contributed by atoms with van der Waals surface area (Å²) >= 11 is 0. The molecule has 0 fully saturated rings. The molecular weight excluding hydrogens is 198 g/mol. The molecular formula is C14H21NO. The molecule has 1 unspecified atom stereocenters. The van der Waals surface area contributed by atoms with Crippen LogP contribution in [0.15, 0.2) is 24.3 Å². The number of fused-ring (bicyclic) bond motifs is 1. The van der Waals surface area contributed by atoms with Crippen molar-refractivity contribution >= 4 is 0 Å². The Labute approximate surface area is 98.0 Å². The van der Waals surface area contributed by atoms with Crippen LogP contribution in [0.3, 0.4) is 0 Å². The van der Waals surface area contributed by atoms with E-state index in [4.69, 9.17) is 4.74 Å². The smallest absolute Gasteiger partial charge is 0.123 e. The maximum Gasteiger partial charge on any atom is 0.123 e. The first-order chi connectivity index (χ1) is 7.83. The Hall–Kier alpha value is -1.02. The molecule has 0 spiro atoms. The second kappa shape index (κ2) is 5.35. The summed E-state index contributed by atoms with van der Waals surface area (Å²) < 4.78 is 5.88. The maximum absolute atomic E-state index is 5.88. The molecule has 1 aliphatic heterocycles. The highest BCUT2D eigenvalue weighted by atomic mass is 16.5. The van der Waals surface area contributed by atoms with E-state index >= 15 is 0 Å². The SMILES string of the molecule is CCC(CC)NCC1Cc2ccccc2O1. The van der Waals surface area contributed by atoms with Crippen LogP contribution in [-0.4, -0.2) is 18.7 Å². The summed E-state index contributed by atoms with van der Waals surface area (Å²) in [5.74, 6) is 1.07. The van der Waals surface area contributed by atoms with E-state index in [0.717, 1.165) is 18.7 Å². The van der Waals surface area contributed by atoms with Gasteiger partial charge in [-0.1, -0.05) is 32.0 Å². The zero-order valence-electron chi connectivity index (χ0n) is 10.2. The van der Waals surface area contributed by atoms with E-state index in [2.05, 4.69) is 37.4 Å². The molecule has 0 bridgehead atoms. The summed E-state index contributed by atoms with van der Waals surface area (Å²) in [5, 5.41) is 3.57. The monoisotopic (exact) mass is 219 g/mol. The van der Waals surface area contributed by atoms with Gasteiger partial charge < -0.3 is 10.1 Å². The molecule has 2 rings (SSSR count). The lowest BCUT2D eigenvalue weighted by molar-refractivity contribution is 0.220. The van der Waals surface area contributed by atoms with Gasteiger partial charge in [-0.25, -0.2) is 0 Å². The quantitative estimate of drug-likeness (QED) is 0.822. The van der Waals surface area contributed by atoms with Crippen LogP contribution in [0.5, 0.6) is 5.75 Å². The van der Waals surface area contributed by atoms with Crippen LogP contribution in [0.2, 0.25) is 0 Å². The Balaban J connectivity index is 1.83. The second-order valence-corrected chi connectivity index (χ2v) is 4.47. The minimum absolute atomic E-state index is 0.318. The lowest BCUT2D eigenvalue weighted by atomic mass is 10.1. The van der Waals surface area contributed by atoms with Gasteiger partial charge in [-0.15, -0.1) is 0 Å². The second-order valence-electron chi connectivity index (χ2n) is 4.47. The molecule has 0 saturated carbocycles. The Morgan fingerprint density at radius 3 is 2.75 bits per heavy atom. The van der Waals surface area contributed by atoms with Crippen LogP contribution in [-0.2, 0) is 6.42 Å². The number of hydrogen-bond donors (Lipinski definition) is 1. The molecule has 2 nitrogen and oxygen atoms in total. The predicted molar refractivity (Wildman–Crippen MR) is 66.9 cm³/mol. The van der Waals surface area contributed by atoms with Gasteiger partial charge in [0, 0.05) is 19.0 Å². The lowest BCUT2D eigenvalue weighted by Gasteiger charge is -2.18. The van der Waals surface area contributed by atoms with Crippen LogP contribution in [0.25, 0.3) is 0 Å². The first kappa shape index (κ1) is 11.5. The summed E-state index contributed by atoms with van der Waals surface area (Å²) in [4.78, 5) is 0. The number of benzene rings is 1. The van der Waals surface area contributed by atoms with Crippen molar-refractivity contribution in [3.05, 3.63) is 29.8 Å². The van der Waals surface area contributed by atoms with E-state index in [9.17, 15) is 0 Å². The van der Waals surface area contributed by atoms with Crippen LogP contribution in [0.1, 0.15) is 32.3 Å². The average Bonchev–Trinajstić information content (AvgIpc) is 2.73. The molecule has 1 heterocycles. The van der Waals surface area contributed by atoms with Gasteiger partial charge in [-0.3, -0.25) is 0 Å². The van der Waals surface area contributed by atoms with Crippen molar-refractivity contribution in [3.8, 4) is 5.75 Å². The number of rotatable bonds is 5. The molecule has 1 aromatic carbocycles. The molecule has 1 atom stereocenters. The molecule has 1 aliphatic rings. The van der Waals surface area contributed by atoms with E-state index in [1.165, 1.54) is 18.4 Å². The molecule has 1 aromatic rings. The predicted octanol–water partition coefficient (Wildman–Crippen LogP) is 2.77. The van der Waals surface area contributed by atoms with Crippen molar-refractivity contribution in [2.45, 2.75) is 45.3 Å². The van der Waals surface area contributed by atoms with Crippen LogP contribution < -0.4 is 10.1 Å². The highest BCUT2D eigenvalue weighted by Crippen LogP contribution is 2.27. The first-order valence-electron chi connectivity index (χ1n) is 6.31. The van der Waals surface area contributed by atoms with Crippen molar-refractivity contribution in [2.24, 2.45) is 0 Å². The molecule has 16 heavy (non-hydrogen) atoms. The zero-order chi connectivity index (χ0) is 11.4. The van der Waals surface area contributed by atoms with Gasteiger partial charge in [0.15, 0.2) is 0 Å². The normalized spacial score (nSPS) is 18.6. The number of ether oxygens (including phenoxy) is 1. The highest BCUT2D eigenvalue weighted by Gasteiger charge is 2.22. The Morgan fingerprint density at radius 1 is 1.31 bits per heavy atom. The largest absolute Gasteiger partial charge is 0.488 e. The van der Waals surface area contributed by atoms with Gasteiger partial charge in [-0.05, 0) is 24.5 Å². The fourth-order valence-corrected chi connectivity index (χ4v) is 2.24. The van der Waals surface area contributed by atoms with E-state index in [0.29, 0.717) is 12.1 Å². The van der Waals surface area contributed by atoms with E-state index in [1.807, 2.05) is 6.07 Å². The Kier molecular flexibility index (Phi) is 3.83. The summed E-state index contributed by atoms with van der Waals surface area (Å²) in [6, 6.07) is 8.97. The van der Waals surface area contributed by atoms with Gasteiger partial charge >= 0.3 is 0 Å². The molecule has 0 saturated heterocycles. The summed E-state index contributed by atoms with van der Waals surface area (Å²) in [7, 11) is 0. The third-order valence-electron chi connectivity index (χ3n) is 3.33. The van der Waals surface area contributed by atoms with Crippen LogP contribution in [0.4, 0.5) is 0 Å². The van der Waals surface area contributed by atoms with Crippen molar-refractivity contribution in [1.29, 1.82) is 0 Å². The molecule has 0 radical (unpaired) electrons. The van der Waals surface area contributed by atoms with Crippen molar-refractivity contribution in [2.75, 3.05) is 6.54 Å². The Morgan fingerprint density at radius 2 is 2.06 bits per heavy atom. The highest BCUT2D eigenvalue weighted by molar-refractivity contribution is 5.37. The fourth-order valence-electron chi connectivity index (χ4n) is 2.24. The fraction of sp³-hybridized carbons (Fsp3) is 0.571. The Bertz CT molecular complexity index is 308. The summed E-state index contributed by atoms with van der Waals surface area (Å²) in [6.45, 7) is 5.41. The molecule has 1 N–H and O–H groups in total. The van der Waals surface area contributed by atoms with Crippen molar-refractivity contribution in [1.82, 2.24) is 5.32 Å². The van der Waals surface area contributed by atoms with Crippen LogP contribution in [0, 0.1) is 0 Å².